The fourth-order valence-electron chi connectivity index (χ4n) is 3.06. The molecule has 0 aromatic heterocycles. The van der Waals surface area contributed by atoms with Crippen LogP contribution in [0.4, 0.5) is 22.7 Å². The first-order valence-electron chi connectivity index (χ1n) is 8.71. The Kier molecular flexibility index (Phi) is 5.38. The molecule has 1 heterocycles. The van der Waals surface area contributed by atoms with Gasteiger partial charge in [0.05, 0.1) is 16.3 Å². The number of anilines is 1. The van der Waals surface area contributed by atoms with Crippen LogP contribution in [-0.2, 0) is 6.42 Å². The van der Waals surface area contributed by atoms with Gasteiger partial charge in [-0.1, -0.05) is 13.3 Å². The fourth-order valence-corrected chi connectivity index (χ4v) is 3.06. The molecule has 2 aromatic rings. The minimum atomic E-state index is -0.422. The molecule has 0 bridgehead atoms. The van der Waals surface area contributed by atoms with E-state index < -0.39 is 4.92 Å². The van der Waals surface area contributed by atoms with E-state index in [4.69, 9.17) is 0 Å². The lowest BCUT2D eigenvalue weighted by Crippen LogP contribution is -2.30. The van der Waals surface area contributed by atoms with Crippen LogP contribution in [0.5, 0.6) is 0 Å². The van der Waals surface area contributed by atoms with Crippen molar-refractivity contribution in [3.63, 3.8) is 0 Å². The van der Waals surface area contributed by atoms with E-state index in [1.54, 1.807) is 12.1 Å². The van der Waals surface area contributed by atoms with Crippen LogP contribution in [0.15, 0.2) is 52.7 Å². The summed E-state index contributed by atoms with van der Waals surface area (Å²) in [4.78, 5) is 12.7. The number of benzene rings is 2. The second-order valence-corrected chi connectivity index (χ2v) is 6.23. The third kappa shape index (κ3) is 4.21. The molecule has 3 rings (SSSR count). The van der Waals surface area contributed by atoms with Gasteiger partial charge in [-0.3, -0.25) is 10.1 Å². The summed E-state index contributed by atoms with van der Waals surface area (Å²) in [5, 5.41) is 19.1. The number of nitrogens with zero attached hydrogens (tertiary/aromatic N) is 4. The maximum absolute atomic E-state index is 10.7. The fraction of sp³-hybridized carbons (Fsp3) is 0.368. The molecule has 0 fully saturated rings. The summed E-state index contributed by atoms with van der Waals surface area (Å²) in [7, 11) is 0. The van der Waals surface area contributed by atoms with Crippen molar-refractivity contribution in [2.24, 2.45) is 10.2 Å². The van der Waals surface area contributed by atoms with Gasteiger partial charge in [-0.25, -0.2) is 0 Å². The van der Waals surface area contributed by atoms with Crippen molar-refractivity contribution >= 4 is 22.7 Å². The molecule has 0 amide bonds. The van der Waals surface area contributed by atoms with Crippen LogP contribution >= 0.6 is 0 Å². The standard InChI is InChI=1S/C19H22N4O2/c1-2-3-12-22-13-4-5-15-14-17(8-11-19(15)22)21-20-16-6-9-18(10-7-16)23(24)25/h6-11,14H,2-5,12-13H2,1H3. The summed E-state index contributed by atoms with van der Waals surface area (Å²) in [6, 6.07) is 12.3. The molecule has 2 aromatic carbocycles. The molecule has 6 nitrogen and oxygen atoms in total. The van der Waals surface area contributed by atoms with Crippen molar-refractivity contribution in [1.82, 2.24) is 0 Å². The van der Waals surface area contributed by atoms with Gasteiger partial charge in [0.15, 0.2) is 0 Å². The smallest absolute Gasteiger partial charge is 0.269 e. The van der Waals surface area contributed by atoms with Crippen molar-refractivity contribution in [3.8, 4) is 0 Å². The second-order valence-electron chi connectivity index (χ2n) is 6.23. The summed E-state index contributed by atoms with van der Waals surface area (Å²) in [6.07, 6.45) is 4.65. The minimum absolute atomic E-state index is 0.0555. The molecule has 0 saturated carbocycles. The Balaban J connectivity index is 1.74. The van der Waals surface area contributed by atoms with Crippen molar-refractivity contribution < 1.29 is 4.92 Å². The maximum Gasteiger partial charge on any atom is 0.269 e. The minimum Gasteiger partial charge on any atom is -0.371 e. The highest BCUT2D eigenvalue weighted by molar-refractivity contribution is 5.60. The van der Waals surface area contributed by atoms with E-state index in [1.165, 1.54) is 42.6 Å². The van der Waals surface area contributed by atoms with Crippen molar-refractivity contribution in [2.75, 3.05) is 18.0 Å². The van der Waals surface area contributed by atoms with Crippen LogP contribution in [0.1, 0.15) is 31.7 Å². The molecule has 130 valence electrons. The highest BCUT2D eigenvalue weighted by atomic mass is 16.6. The predicted octanol–water partition coefficient (Wildman–Crippen LogP) is 5.56. The summed E-state index contributed by atoms with van der Waals surface area (Å²) in [5.41, 5.74) is 4.11. The Bertz CT molecular complexity index is 771. The molecule has 1 aliphatic heterocycles. The quantitative estimate of drug-likeness (QED) is 0.393. The molecule has 0 radical (unpaired) electrons. The largest absolute Gasteiger partial charge is 0.371 e. The molecular weight excluding hydrogens is 316 g/mol. The molecule has 0 aliphatic carbocycles. The normalized spacial score (nSPS) is 13.9. The number of hydrogen-bond acceptors (Lipinski definition) is 5. The van der Waals surface area contributed by atoms with Crippen LogP contribution in [0.2, 0.25) is 0 Å². The lowest BCUT2D eigenvalue weighted by Gasteiger charge is -2.31. The zero-order valence-corrected chi connectivity index (χ0v) is 14.4. The Labute approximate surface area is 147 Å². The summed E-state index contributed by atoms with van der Waals surface area (Å²) in [5.74, 6) is 0. The molecule has 0 unspecified atom stereocenters. The van der Waals surface area contributed by atoms with Gasteiger partial charge in [0.25, 0.3) is 5.69 Å². The number of aryl methyl sites for hydroxylation is 1. The van der Waals surface area contributed by atoms with Crippen molar-refractivity contribution in [3.05, 3.63) is 58.1 Å². The number of nitro benzene ring substituents is 1. The van der Waals surface area contributed by atoms with Gasteiger partial charge >= 0.3 is 0 Å². The van der Waals surface area contributed by atoms with E-state index in [0.29, 0.717) is 5.69 Å². The number of unbranched alkanes of at least 4 members (excludes halogenated alkanes) is 1. The summed E-state index contributed by atoms with van der Waals surface area (Å²) >= 11 is 0. The van der Waals surface area contributed by atoms with Gasteiger partial charge in [0.1, 0.15) is 0 Å². The van der Waals surface area contributed by atoms with Crippen LogP contribution in [-0.4, -0.2) is 18.0 Å². The van der Waals surface area contributed by atoms with Crippen LogP contribution in [0.3, 0.4) is 0 Å². The van der Waals surface area contributed by atoms with Gasteiger partial charge in [-0.15, -0.1) is 0 Å². The molecule has 6 heteroatoms. The van der Waals surface area contributed by atoms with Gasteiger partial charge in [0, 0.05) is 30.9 Å². The predicted molar refractivity (Wildman–Crippen MR) is 99.2 cm³/mol. The monoisotopic (exact) mass is 338 g/mol. The van der Waals surface area contributed by atoms with Crippen LogP contribution in [0.25, 0.3) is 0 Å². The van der Waals surface area contributed by atoms with E-state index in [0.717, 1.165) is 25.2 Å². The van der Waals surface area contributed by atoms with Gasteiger partial charge in [-0.05, 0) is 55.2 Å². The Morgan fingerprint density at radius 2 is 1.84 bits per heavy atom. The Morgan fingerprint density at radius 3 is 2.56 bits per heavy atom. The van der Waals surface area contributed by atoms with Crippen molar-refractivity contribution in [2.45, 2.75) is 32.6 Å². The Morgan fingerprint density at radius 1 is 1.12 bits per heavy atom. The van der Waals surface area contributed by atoms with E-state index in [1.807, 2.05) is 6.07 Å². The average molecular weight is 338 g/mol. The lowest BCUT2D eigenvalue weighted by atomic mass is 10.0. The zero-order chi connectivity index (χ0) is 17.6. The van der Waals surface area contributed by atoms with Gasteiger partial charge < -0.3 is 4.90 Å². The van der Waals surface area contributed by atoms with Gasteiger partial charge in [-0.2, -0.15) is 10.2 Å². The average Bonchev–Trinajstić information content (AvgIpc) is 2.64. The van der Waals surface area contributed by atoms with Crippen molar-refractivity contribution in [1.29, 1.82) is 0 Å². The number of azo groups is 1. The summed E-state index contributed by atoms with van der Waals surface area (Å²) < 4.78 is 0. The highest BCUT2D eigenvalue weighted by Gasteiger charge is 2.16. The van der Waals surface area contributed by atoms with E-state index in [-0.39, 0.29) is 5.69 Å². The molecule has 25 heavy (non-hydrogen) atoms. The molecule has 0 saturated heterocycles. The number of non-ortho nitro benzene ring substituents is 1. The molecule has 0 N–H and O–H groups in total. The second kappa shape index (κ2) is 7.88. The first kappa shape index (κ1) is 17.1. The third-order valence-corrected chi connectivity index (χ3v) is 4.40. The van der Waals surface area contributed by atoms with E-state index in [2.05, 4.69) is 34.2 Å². The third-order valence-electron chi connectivity index (χ3n) is 4.40. The molecule has 1 aliphatic rings. The number of fused-ring (bicyclic) bond motifs is 1. The summed E-state index contributed by atoms with van der Waals surface area (Å²) in [6.45, 7) is 4.44. The molecular formula is C19H22N4O2. The lowest BCUT2D eigenvalue weighted by molar-refractivity contribution is -0.384. The first-order valence-corrected chi connectivity index (χ1v) is 8.71. The van der Waals surface area contributed by atoms with Crippen LogP contribution in [0, 0.1) is 10.1 Å². The number of hydrogen-bond donors (Lipinski definition) is 0. The SMILES string of the molecule is CCCCN1CCCc2cc(N=Nc3ccc([N+](=O)[O-])cc3)ccc21. The topological polar surface area (TPSA) is 71.1 Å². The number of nitro groups is 1. The molecule has 0 atom stereocenters. The van der Waals surface area contributed by atoms with Crippen LogP contribution < -0.4 is 4.90 Å². The maximum atomic E-state index is 10.7. The highest BCUT2D eigenvalue weighted by Crippen LogP contribution is 2.31. The van der Waals surface area contributed by atoms with E-state index in [9.17, 15) is 10.1 Å². The van der Waals surface area contributed by atoms with Gasteiger partial charge in [0.2, 0.25) is 0 Å². The zero-order valence-electron chi connectivity index (χ0n) is 14.4. The molecule has 0 spiro atoms. The first-order chi connectivity index (χ1) is 12.2. The Hall–Kier alpha value is -2.76. The number of rotatable bonds is 6. The van der Waals surface area contributed by atoms with E-state index >= 15 is 0 Å².